The third kappa shape index (κ3) is 5.03. The summed E-state index contributed by atoms with van der Waals surface area (Å²) in [5.41, 5.74) is -0.289. The summed E-state index contributed by atoms with van der Waals surface area (Å²) in [6.45, 7) is 7.59. The predicted octanol–water partition coefficient (Wildman–Crippen LogP) is 4.60. The number of alkyl halides is 3. The van der Waals surface area contributed by atoms with Crippen molar-refractivity contribution in [3.63, 3.8) is 0 Å². The normalized spacial score (nSPS) is 18.0. The second-order valence-corrected chi connectivity index (χ2v) is 7.75. The summed E-state index contributed by atoms with van der Waals surface area (Å²) in [5, 5.41) is 0. The average molecular weight is 412 g/mol. The average Bonchev–Trinajstić information content (AvgIpc) is 2.80. The van der Waals surface area contributed by atoms with Crippen LogP contribution in [0.1, 0.15) is 33.3 Å². The standard InChI is InChI=1S/C20H21BF4O4/c1-18(2)19(3,4)29-21(28-18)16-10-9-15(11-17(16)22)26-12-13-5-7-14(8-6-13)27-20(23,24)25/h5-11H,12H2,1-4H3. The van der Waals surface area contributed by atoms with Crippen LogP contribution in [-0.4, -0.2) is 24.7 Å². The van der Waals surface area contributed by atoms with Gasteiger partial charge in [0.15, 0.2) is 0 Å². The predicted molar refractivity (Wildman–Crippen MR) is 99.6 cm³/mol. The van der Waals surface area contributed by atoms with Crippen LogP contribution in [0.5, 0.6) is 11.5 Å². The van der Waals surface area contributed by atoms with Gasteiger partial charge >= 0.3 is 13.5 Å². The lowest BCUT2D eigenvalue weighted by atomic mass is 9.78. The molecule has 29 heavy (non-hydrogen) atoms. The van der Waals surface area contributed by atoms with E-state index in [1.54, 1.807) is 6.07 Å². The van der Waals surface area contributed by atoms with Crippen LogP contribution in [0.2, 0.25) is 0 Å². The zero-order valence-corrected chi connectivity index (χ0v) is 16.5. The summed E-state index contributed by atoms with van der Waals surface area (Å²) in [6, 6.07) is 9.60. The molecule has 1 aliphatic heterocycles. The van der Waals surface area contributed by atoms with Crippen molar-refractivity contribution in [1.82, 2.24) is 0 Å². The van der Waals surface area contributed by atoms with Crippen LogP contribution in [0.25, 0.3) is 0 Å². The summed E-state index contributed by atoms with van der Waals surface area (Å²) in [4.78, 5) is 0. The van der Waals surface area contributed by atoms with Gasteiger partial charge in [0, 0.05) is 11.5 Å². The number of benzene rings is 2. The van der Waals surface area contributed by atoms with Crippen LogP contribution < -0.4 is 14.9 Å². The Bertz CT molecular complexity index is 850. The molecule has 0 unspecified atom stereocenters. The molecular formula is C20H21BF4O4. The molecule has 0 amide bonds. The van der Waals surface area contributed by atoms with Gasteiger partial charge < -0.3 is 18.8 Å². The maximum Gasteiger partial charge on any atom is 0.573 e. The van der Waals surface area contributed by atoms with E-state index in [0.717, 1.165) is 0 Å². The van der Waals surface area contributed by atoms with E-state index < -0.39 is 30.5 Å². The van der Waals surface area contributed by atoms with Crippen LogP contribution in [0.15, 0.2) is 42.5 Å². The van der Waals surface area contributed by atoms with Gasteiger partial charge in [0.1, 0.15) is 23.9 Å². The first-order valence-corrected chi connectivity index (χ1v) is 8.99. The first-order chi connectivity index (χ1) is 13.4. The fourth-order valence-corrected chi connectivity index (χ4v) is 2.71. The lowest BCUT2D eigenvalue weighted by Crippen LogP contribution is -2.41. The SMILES string of the molecule is CC1(C)OB(c2ccc(OCc3ccc(OC(F)(F)F)cc3)cc2F)OC1(C)C. The van der Waals surface area contributed by atoms with Gasteiger partial charge in [-0.1, -0.05) is 18.2 Å². The van der Waals surface area contributed by atoms with Gasteiger partial charge in [-0.2, -0.15) is 0 Å². The van der Waals surface area contributed by atoms with E-state index in [1.807, 2.05) is 27.7 Å². The molecular weight excluding hydrogens is 391 g/mol. The Balaban J connectivity index is 1.63. The Morgan fingerprint density at radius 3 is 1.97 bits per heavy atom. The fraction of sp³-hybridized carbons (Fsp3) is 0.400. The van der Waals surface area contributed by atoms with Crippen LogP contribution >= 0.6 is 0 Å². The zero-order valence-electron chi connectivity index (χ0n) is 16.5. The highest BCUT2D eigenvalue weighted by atomic mass is 19.4. The van der Waals surface area contributed by atoms with Crippen molar-refractivity contribution in [2.24, 2.45) is 0 Å². The molecule has 0 bridgehead atoms. The van der Waals surface area contributed by atoms with Crippen LogP contribution in [0, 0.1) is 5.82 Å². The summed E-state index contributed by atoms with van der Waals surface area (Å²) in [7, 11) is -0.824. The van der Waals surface area contributed by atoms with Crippen molar-refractivity contribution in [2.45, 2.75) is 51.9 Å². The Morgan fingerprint density at radius 2 is 1.45 bits per heavy atom. The highest BCUT2D eigenvalue weighted by Gasteiger charge is 2.52. The van der Waals surface area contributed by atoms with Crippen LogP contribution in [0.4, 0.5) is 17.6 Å². The van der Waals surface area contributed by atoms with E-state index in [0.29, 0.717) is 5.56 Å². The van der Waals surface area contributed by atoms with E-state index in [-0.39, 0.29) is 23.6 Å². The summed E-state index contributed by atoms with van der Waals surface area (Å²) >= 11 is 0. The van der Waals surface area contributed by atoms with Gasteiger partial charge in [-0.25, -0.2) is 4.39 Å². The summed E-state index contributed by atoms with van der Waals surface area (Å²) in [5.74, 6) is -0.577. The minimum absolute atomic E-state index is 0.0571. The molecule has 1 aliphatic rings. The van der Waals surface area contributed by atoms with E-state index in [9.17, 15) is 17.6 Å². The lowest BCUT2D eigenvalue weighted by Gasteiger charge is -2.32. The van der Waals surface area contributed by atoms with Crippen LogP contribution in [-0.2, 0) is 15.9 Å². The largest absolute Gasteiger partial charge is 0.573 e. The molecule has 0 N–H and O–H groups in total. The Morgan fingerprint density at radius 1 is 0.897 bits per heavy atom. The van der Waals surface area contributed by atoms with Gasteiger partial charge in [0.2, 0.25) is 0 Å². The first kappa shape index (κ1) is 21.5. The topological polar surface area (TPSA) is 36.9 Å². The number of ether oxygens (including phenoxy) is 2. The number of hydrogen-bond donors (Lipinski definition) is 0. The monoisotopic (exact) mass is 412 g/mol. The van der Waals surface area contributed by atoms with Crippen molar-refractivity contribution in [2.75, 3.05) is 0 Å². The van der Waals surface area contributed by atoms with Gasteiger partial charge in [0.25, 0.3) is 0 Å². The third-order valence-corrected chi connectivity index (χ3v) is 5.04. The van der Waals surface area contributed by atoms with E-state index in [4.69, 9.17) is 14.0 Å². The smallest absolute Gasteiger partial charge is 0.489 e. The van der Waals surface area contributed by atoms with Crippen molar-refractivity contribution in [3.05, 3.63) is 53.8 Å². The summed E-state index contributed by atoms with van der Waals surface area (Å²) in [6.07, 6.45) is -4.74. The molecule has 2 aromatic carbocycles. The highest BCUT2D eigenvalue weighted by Crippen LogP contribution is 2.36. The number of halogens is 4. The van der Waals surface area contributed by atoms with E-state index in [2.05, 4.69) is 4.74 Å². The Hall–Kier alpha value is -2.26. The van der Waals surface area contributed by atoms with Crippen molar-refractivity contribution in [1.29, 1.82) is 0 Å². The maximum atomic E-state index is 14.6. The molecule has 156 valence electrons. The number of hydrogen-bond acceptors (Lipinski definition) is 4. The molecule has 0 atom stereocenters. The van der Waals surface area contributed by atoms with Gasteiger partial charge in [0.05, 0.1) is 11.2 Å². The minimum atomic E-state index is -4.74. The van der Waals surface area contributed by atoms with Gasteiger partial charge in [-0.05, 0) is 51.5 Å². The molecule has 0 saturated carbocycles. The van der Waals surface area contributed by atoms with E-state index in [1.165, 1.54) is 36.4 Å². The molecule has 0 spiro atoms. The molecule has 2 aromatic rings. The fourth-order valence-electron chi connectivity index (χ4n) is 2.71. The first-order valence-electron chi connectivity index (χ1n) is 8.99. The Labute approximate surface area is 166 Å². The van der Waals surface area contributed by atoms with Crippen LogP contribution in [0.3, 0.4) is 0 Å². The molecule has 1 fully saturated rings. The molecule has 0 aliphatic carbocycles. The quantitative estimate of drug-likeness (QED) is 0.532. The molecule has 3 rings (SSSR count). The number of rotatable bonds is 5. The van der Waals surface area contributed by atoms with Crippen molar-refractivity contribution < 1.29 is 36.3 Å². The second-order valence-electron chi connectivity index (χ2n) is 7.75. The molecule has 1 heterocycles. The molecule has 4 nitrogen and oxygen atoms in total. The molecule has 1 saturated heterocycles. The zero-order chi connectivity index (χ0) is 21.4. The van der Waals surface area contributed by atoms with E-state index >= 15 is 0 Å². The van der Waals surface area contributed by atoms with Gasteiger partial charge in [-0.15, -0.1) is 13.2 Å². The summed E-state index contributed by atoms with van der Waals surface area (Å²) < 4.78 is 72.2. The minimum Gasteiger partial charge on any atom is -0.489 e. The Kier molecular flexibility index (Phi) is 5.57. The van der Waals surface area contributed by atoms with Crippen molar-refractivity contribution in [3.8, 4) is 11.5 Å². The third-order valence-electron chi connectivity index (χ3n) is 5.04. The van der Waals surface area contributed by atoms with Crippen molar-refractivity contribution >= 4 is 12.6 Å². The lowest BCUT2D eigenvalue weighted by molar-refractivity contribution is -0.274. The molecule has 0 radical (unpaired) electrons. The molecule has 9 heteroatoms. The maximum absolute atomic E-state index is 14.6. The van der Waals surface area contributed by atoms with Gasteiger partial charge in [-0.3, -0.25) is 0 Å². The highest BCUT2D eigenvalue weighted by molar-refractivity contribution is 6.62. The second kappa shape index (κ2) is 7.53. The molecule has 0 aromatic heterocycles.